The van der Waals surface area contributed by atoms with Gasteiger partial charge in [-0.25, -0.2) is 8.42 Å². The van der Waals surface area contributed by atoms with Crippen LogP contribution in [0.15, 0.2) is 100 Å². The SMILES string of the molecule is Brc1ccc2sc3ccc(Br)cc3c2c1.O=S1(=O)c2ccc(Br)cc2-c2cc(Br)ccc21. The fourth-order valence-electron chi connectivity index (χ4n) is 3.73. The number of thiophene rings is 1. The first-order chi connectivity index (χ1) is 15.2. The van der Waals surface area contributed by atoms with Crippen molar-refractivity contribution >= 4 is 105 Å². The lowest BCUT2D eigenvalue weighted by molar-refractivity contribution is 0.598. The molecule has 8 heteroatoms. The van der Waals surface area contributed by atoms with Crippen LogP contribution in [0.25, 0.3) is 31.3 Å². The highest BCUT2D eigenvalue weighted by atomic mass is 79.9. The van der Waals surface area contributed by atoms with Crippen molar-refractivity contribution in [2.24, 2.45) is 0 Å². The molecular formula is C24H12Br4O2S2. The number of fused-ring (bicyclic) bond motifs is 6. The van der Waals surface area contributed by atoms with E-state index in [4.69, 9.17) is 0 Å². The normalized spacial score (nSPS) is 13.5. The van der Waals surface area contributed by atoms with Gasteiger partial charge in [0.25, 0.3) is 0 Å². The Bertz CT molecular complexity index is 1530. The first-order valence-electron chi connectivity index (χ1n) is 9.36. The average Bonchev–Trinajstić information content (AvgIpc) is 3.20. The standard InChI is InChI=1S/C12H6Br2O2S.C12H6Br2S/c13-7-1-3-11-9(5-7)10-6-8(14)2-4-12(10)17(11,15)16;13-7-1-3-11-9(5-7)10-6-8(14)2-4-12(10)15-11/h1-6H;1-6H. The second kappa shape index (κ2) is 8.64. The van der Waals surface area contributed by atoms with E-state index in [0.717, 1.165) is 29.0 Å². The van der Waals surface area contributed by atoms with Gasteiger partial charge < -0.3 is 0 Å². The smallest absolute Gasteiger partial charge is 0.207 e. The van der Waals surface area contributed by atoms with Gasteiger partial charge in [0, 0.05) is 49.2 Å². The van der Waals surface area contributed by atoms with Gasteiger partial charge in [0.1, 0.15) is 0 Å². The van der Waals surface area contributed by atoms with Crippen LogP contribution in [-0.2, 0) is 9.84 Å². The Hall–Kier alpha value is -1.03. The number of hydrogen-bond donors (Lipinski definition) is 0. The van der Waals surface area contributed by atoms with Crippen LogP contribution in [0.5, 0.6) is 0 Å². The largest absolute Gasteiger partial charge is 0.218 e. The molecule has 1 aromatic heterocycles. The molecule has 0 spiro atoms. The van der Waals surface area contributed by atoms with Crippen molar-refractivity contribution < 1.29 is 8.42 Å². The van der Waals surface area contributed by atoms with Crippen LogP contribution >= 0.6 is 75.1 Å². The van der Waals surface area contributed by atoms with Crippen LogP contribution in [-0.4, -0.2) is 8.42 Å². The van der Waals surface area contributed by atoms with Gasteiger partial charge in [0.15, 0.2) is 0 Å². The lowest BCUT2D eigenvalue weighted by Gasteiger charge is -1.99. The monoisotopic (exact) mass is 712 g/mol. The highest BCUT2D eigenvalue weighted by molar-refractivity contribution is 9.11. The molecule has 2 heterocycles. The summed E-state index contributed by atoms with van der Waals surface area (Å²) in [5, 5.41) is 2.65. The van der Waals surface area contributed by atoms with Gasteiger partial charge in [0.05, 0.1) is 9.79 Å². The van der Waals surface area contributed by atoms with E-state index in [2.05, 4.69) is 100 Å². The van der Waals surface area contributed by atoms with Gasteiger partial charge in [-0.15, -0.1) is 11.3 Å². The predicted molar refractivity (Wildman–Crippen MR) is 147 cm³/mol. The molecule has 1 aliphatic rings. The lowest BCUT2D eigenvalue weighted by atomic mass is 10.1. The van der Waals surface area contributed by atoms with Crippen LogP contribution in [0.4, 0.5) is 0 Å². The van der Waals surface area contributed by atoms with Crippen molar-refractivity contribution in [1.82, 2.24) is 0 Å². The molecule has 6 rings (SSSR count). The highest BCUT2D eigenvalue weighted by Gasteiger charge is 2.32. The van der Waals surface area contributed by atoms with Crippen LogP contribution in [0.2, 0.25) is 0 Å². The van der Waals surface area contributed by atoms with Crippen molar-refractivity contribution in [3.63, 3.8) is 0 Å². The van der Waals surface area contributed by atoms with E-state index in [1.807, 2.05) is 23.5 Å². The summed E-state index contributed by atoms with van der Waals surface area (Å²) in [7, 11) is -3.34. The molecule has 0 radical (unpaired) electrons. The van der Waals surface area contributed by atoms with Gasteiger partial charge in [-0.2, -0.15) is 0 Å². The second-order valence-electron chi connectivity index (χ2n) is 7.17. The zero-order valence-electron chi connectivity index (χ0n) is 16.1. The van der Waals surface area contributed by atoms with E-state index >= 15 is 0 Å². The molecule has 4 aromatic carbocycles. The van der Waals surface area contributed by atoms with E-state index in [0.29, 0.717) is 9.79 Å². The van der Waals surface area contributed by atoms with Gasteiger partial charge >= 0.3 is 0 Å². The molecule has 0 amide bonds. The molecule has 0 fully saturated rings. The summed E-state index contributed by atoms with van der Waals surface area (Å²) in [5.74, 6) is 0. The Morgan fingerprint density at radius 3 is 1.34 bits per heavy atom. The summed E-state index contributed by atoms with van der Waals surface area (Å²) in [5.41, 5.74) is 1.52. The van der Waals surface area contributed by atoms with Crippen LogP contribution in [0.3, 0.4) is 0 Å². The molecule has 5 aromatic rings. The van der Waals surface area contributed by atoms with Crippen molar-refractivity contribution in [3.05, 3.63) is 90.7 Å². The molecule has 2 nitrogen and oxygen atoms in total. The van der Waals surface area contributed by atoms with E-state index in [-0.39, 0.29) is 0 Å². The lowest BCUT2D eigenvalue weighted by Crippen LogP contribution is -1.95. The van der Waals surface area contributed by atoms with E-state index in [9.17, 15) is 8.42 Å². The van der Waals surface area contributed by atoms with Crippen molar-refractivity contribution in [3.8, 4) is 11.1 Å². The van der Waals surface area contributed by atoms with Crippen molar-refractivity contribution in [2.75, 3.05) is 0 Å². The van der Waals surface area contributed by atoms with Gasteiger partial charge in [-0.3, -0.25) is 0 Å². The van der Waals surface area contributed by atoms with Crippen molar-refractivity contribution in [2.45, 2.75) is 9.79 Å². The predicted octanol–water partition coefficient (Wildman–Crippen LogP) is 9.60. The third-order valence-corrected chi connectivity index (χ3v) is 10.1. The molecule has 1 aliphatic heterocycles. The maximum Gasteiger partial charge on any atom is 0.207 e. The molecule has 0 unspecified atom stereocenters. The van der Waals surface area contributed by atoms with E-state index in [1.165, 1.54) is 20.2 Å². The molecular weight excluding hydrogens is 704 g/mol. The molecule has 32 heavy (non-hydrogen) atoms. The topological polar surface area (TPSA) is 34.1 Å². The summed E-state index contributed by atoms with van der Waals surface area (Å²) in [6.45, 7) is 0. The molecule has 0 atom stereocenters. The second-order valence-corrected chi connectivity index (χ2v) is 13.8. The third kappa shape index (κ3) is 4.03. The van der Waals surface area contributed by atoms with Crippen LogP contribution in [0.1, 0.15) is 0 Å². The Morgan fingerprint density at radius 2 is 0.906 bits per heavy atom. The Labute approximate surface area is 223 Å². The Kier molecular flexibility index (Phi) is 6.14. The minimum absolute atomic E-state index is 0.383. The zero-order chi connectivity index (χ0) is 22.6. The summed E-state index contributed by atoms with van der Waals surface area (Å²) in [6.07, 6.45) is 0. The van der Waals surface area contributed by atoms with E-state index < -0.39 is 9.84 Å². The van der Waals surface area contributed by atoms with Crippen LogP contribution in [0, 0.1) is 0 Å². The summed E-state index contributed by atoms with van der Waals surface area (Å²) >= 11 is 15.6. The Balaban J connectivity index is 0.000000136. The maximum absolute atomic E-state index is 12.3. The summed E-state index contributed by atoms with van der Waals surface area (Å²) in [4.78, 5) is 0.766. The number of sulfone groups is 1. The Morgan fingerprint density at radius 1 is 0.531 bits per heavy atom. The first-order valence-corrected chi connectivity index (χ1v) is 14.8. The minimum Gasteiger partial charge on any atom is -0.218 e. The highest BCUT2D eigenvalue weighted by Crippen LogP contribution is 2.45. The molecule has 160 valence electrons. The zero-order valence-corrected chi connectivity index (χ0v) is 24.1. The van der Waals surface area contributed by atoms with Crippen molar-refractivity contribution in [1.29, 1.82) is 0 Å². The molecule has 0 aliphatic carbocycles. The fraction of sp³-hybridized carbons (Fsp3) is 0. The molecule has 0 saturated heterocycles. The minimum atomic E-state index is -3.34. The van der Waals surface area contributed by atoms with Gasteiger partial charge in [-0.05, 0) is 72.8 Å². The number of hydrogen-bond acceptors (Lipinski definition) is 3. The quantitative estimate of drug-likeness (QED) is 0.157. The molecule has 0 bridgehead atoms. The average molecular weight is 716 g/mol. The number of benzene rings is 4. The number of rotatable bonds is 0. The molecule has 0 N–H and O–H groups in total. The maximum atomic E-state index is 12.3. The van der Waals surface area contributed by atoms with E-state index in [1.54, 1.807) is 24.3 Å². The van der Waals surface area contributed by atoms with Gasteiger partial charge in [-0.1, -0.05) is 63.7 Å². The third-order valence-electron chi connectivity index (χ3n) is 5.15. The fourth-order valence-corrected chi connectivity index (χ4v) is 7.89. The number of halogens is 4. The first kappa shape index (κ1) is 22.7. The van der Waals surface area contributed by atoms with Crippen LogP contribution < -0.4 is 0 Å². The summed E-state index contributed by atoms with van der Waals surface area (Å²) < 4.78 is 31.2. The molecule has 0 saturated carbocycles. The van der Waals surface area contributed by atoms with Gasteiger partial charge in [0.2, 0.25) is 9.84 Å². The summed E-state index contributed by atoms with van der Waals surface area (Å²) in [6, 6.07) is 23.3.